The standard InChI is InChI=1S/C16H13F3N2O/c1-21-14-8-7-11(16(17,18)19)9-13(14)20-15(21)10-22-12-5-3-2-4-6-12/h2-9H,10H2,1H3. The minimum atomic E-state index is -4.37. The average Bonchev–Trinajstić information content (AvgIpc) is 2.81. The van der Waals surface area contributed by atoms with Crippen LogP contribution < -0.4 is 4.74 Å². The molecule has 0 radical (unpaired) electrons. The first-order valence-electron chi connectivity index (χ1n) is 6.65. The lowest BCUT2D eigenvalue weighted by Gasteiger charge is -2.06. The van der Waals surface area contributed by atoms with Gasteiger partial charge >= 0.3 is 6.18 Å². The molecule has 0 aliphatic heterocycles. The highest BCUT2D eigenvalue weighted by molar-refractivity contribution is 5.77. The van der Waals surface area contributed by atoms with E-state index in [9.17, 15) is 13.2 Å². The number of fused-ring (bicyclic) bond motifs is 1. The summed E-state index contributed by atoms with van der Waals surface area (Å²) >= 11 is 0. The van der Waals surface area contributed by atoms with E-state index in [1.807, 2.05) is 30.3 Å². The second-order valence-corrected chi connectivity index (χ2v) is 4.89. The fourth-order valence-corrected chi connectivity index (χ4v) is 2.22. The van der Waals surface area contributed by atoms with Crippen LogP contribution in [-0.4, -0.2) is 9.55 Å². The van der Waals surface area contributed by atoms with Crippen molar-refractivity contribution in [1.29, 1.82) is 0 Å². The highest BCUT2D eigenvalue weighted by Gasteiger charge is 2.31. The number of rotatable bonds is 3. The van der Waals surface area contributed by atoms with Crippen molar-refractivity contribution < 1.29 is 17.9 Å². The maximum absolute atomic E-state index is 12.7. The predicted molar refractivity (Wildman–Crippen MR) is 76.5 cm³/mol. The molecule has 3 rings (SSSR count). The SMILES string of the molecule is Cn1c(COc2ccccc2)nc2cc(C(F)(F)F)ccc21. The summed E-state index contributed by atoms with van der Waals surface area (Å²) in [6.45, 7) is 0.191. The molecule has 0 fully saturated rings. The summed E-state index contributed by atoms with van der Waals surface area (Å²) < 4.78 is 45.5. The number of aryl methyl sites for hydroxylation is 1. The van der Waals surface area contributed by atoms with Crippen LogP contribution in [0, 0.1) is 0 Å². The maximum atomic E-state index is 12.7. The summed E-state index contributed by atoms with van der Waals surface area (Å²) in [6.07, 6.45) is -4.37. The van der Waals surface area contributed by atoms with Crippen molar-refractivity contribution in [3.63, 3.8) is 0 Å². The van der Waals surface area contributed by atoms with E-state index in [1.54, 1.807) is 11.6 Å². The van der Waals surface area contributed by atoms with Crippen LogP contribution in [0.15, 0.2) is 48.5 Å². The third-order valence-electron chi connectivity index (χ3n) is 3.41. The van der Waals surface area contributed by atoms with E-state index in [-0.39, 0.29) is 6.61 Å². The summed E-state index contributed by atoms with van der Waals surface area (Å²) in [5, 5.41) is 0. The quantitative estimate of drug-likeness (QED) is 0.726. The fraction of sp³-hybridized carbons (Fsp3) is 0.188. The highest BCUT2D eigenvalue weighted by Crippen LogP contribution is 2.31. The molecule has 0 unspecified atom stereocenters. The van der Waals surface area contributed by atoms with Gasteiger partial charge in [-0.1, -0.05) is 18.2 Å². The molecule has 0 N–H and O–H groups in total. The molecule has 1 aromatic heterocycles. The van der Waals surface area contributed by atoms with Crippen LogP contribution in [0.3, 0.4) is 0 Å². The number of para-hydroxylation sites is 1. The number of aromatic nitrogens is 2. The van der Waals surface area contributed by atoms with Crippen LogP contribution in [0.25, 0.3) is 11.0 Å². The molecule has 0 spiro atoms. The van der Waals surface area contributed by atoms with Crippen molar-refractivity contribution in [2.75, 3.05) is 0 Å². The summed E-state index contributed by atoms with van der Waals surface area (Å²) in [6, 6.07) is 12.7. The van der Waals surface area contributed by atoms with E-state index in [4.69, 9.17) is 4.74 Å². The lowest BCUT2D eigenvalue weighted by atomic mass is 10.2. The number of hydrogen-bond acceptors (Lipinski definition) is 2. The Morgan fingerprint density at radius 1 is 1.09 bits per heavy atom. The first-order valence-corrected chi connectivity index (χ1v) is 6.65. The van der Waals surface area contributed by atoms with Crippen LogP contribution >= 0.6 is 0 Å². The van der Waals surface area contributed by atoms with Crippen molar-refractivity contribution in [2.45, 2.75) is 12.8 Å². The number of nitrogens with zero attached hydrogens (tertiary/aromatic N) is 2. The van der Waals surface area contributed by atoms with Crippen molar-refractivity contribution in [3.8, 4) is 5.75 Å². The molecule has 6 heteroatoms. The third kappa shape index (κ3) is 2.77. The molecule has 0 aliphatic carbocycles. The zero-order valence-electron chi connectivity index (χ0n) is 11.8. The van der Waals surface area contributed by atoms with Gasteiger partial charge in [-0.25, -0.2) is 4.98 Å². The number of hydrogen-bond donors (Lipinski definition) is 0. The van der Waals surface area contributed by atoms with Gasteiger partial charge in [0.15, 0.2) is 0 Å². The van der Waals surface area contributed by atoms with Gasteiger partial charge in [-0.3, -0.25) is 0 Å². The van der Waals surface area contributed by atoms with Gasteiger partial charge < -0.3 is 9.30 Å². The molecule has 2 aromatic carbocycles. The zero-order chi connectivity index (χ0) is 15.7. The highest BCUT2D eigenvalue weighted by atomic mass is 19.4. The molecular weight excluding hydrogens is 293 g/mol. The average molecular weight is 306 g/mol. The third-order valence-corrected chi connectivity index (χ3v) is 3.41. The molecule has 3 aromatic rings. The first-order chi connectivity index (χ1) is 10.4. The van der Waals surface area contributed by atoms with Gasteiger partial charge in [-0.05, 0) is 30.3 Å². The van der Waals surface area contributed by atoms with Crippen LogP contribution in [0.4, 0.5) is 13.2 Å². The van der Waals surface area contributed by atoms with Gasteiger partial charge in [0.25, 0.3) is 0 Å². The maximum Gasteiger partial charge on any atom is 0.416 e. The number of alkyl halides is 3. The van der Waals surface area contributed by atoms with E-state index in [0.717, 1.165) is 12.1 Å². The lowest BCUT2D eigenvalue weighted by Crippen LogP contribution is -2.04. The summed E-state index contributed by atoms with van der Waals surface area (Å²) in [5.41, 5.74) is 0.247. The number of benzene rings is 2. The number of halogens is 3. The summed E-state index contributed by atoms with van der Waals surface area (Å²) in [5.74, 6) is 1.25. The molecule has 0 bridgehead atoms. The normalized spacial score (nSPS) is 11.8. The van der Waals surface area contributed by atoms with Crippen LogP contribution in [0.5, 0.6) is 5.75 Å². The Hall–Kier alpha value is -2.50. The summed E-state index contributed by atoms with van der Waals surface area (Å²) in [4.78, 5) is 4.24. The monoisotopic (exact) mass is 306 g/mol. The largest absolute Gasteiger partial charge is 0.486 e. The zero-order valence-corrected chi connectivity index (χ0v) is 11.8. The predicted octanol–water partition coefficient (Wildman–Crippen LogP) is 4.17. The van der Waals surface area contributed by atoms with Crippen molar-refractivity contribution in [3.05, 3.63) is 59.9 Å². The molecule has 1 heterocycles. The molecule has 0 aliphatic rings. The molecule has 114 valence electrons. The molecule has 22 heavy (non-hydrogen) atoms. The van der Waals surface area contributed by atoms with E-state index in [0.29, 0.717) is 22.6 Å². The Balaban J connectivity index is 1.89. The molecule has 0 saturated carbocycles. The molecule has 3 nitrogen and oxygen atoms in total. The van der Waals surface area contributed by atoms with Crippen LogP contribution in [-0.2, 0) is 19.8 Å². The van der Waals surface area contributed by atoms with Crippen LogP contribution in [0.1, 0.15) is 11.4 Å². The van der Waals surface area contributed by atoms with E-state index in [1.165, 1.54) is 6.07 Å². The second kappa shape index (κ2) is 5.36. The van der Waals surface area contributed by atoms with Gasteiger partial charge in [0.05, 0.1) is 16.6 Å². The Kier molecular flexibility index (Phi) is 3.52. The fourth-order valence-electron chi connectivity index (χ4n) is 2.22. The first kappa shape index (κ1) is 14.4. The summed E-state index contributed by atoms with van der Waals surface area (Å²) in [7, 11) is 1.76. The Morgan fingerprint density at radius 2 is 1.82 bits per heavy atom. The number of ether oxygens (including phenoxy) is 1. The van der Waals surface area contributed by atoms with Gasteiger partial charge in [0.2, 0.25) is 0 Å². The lowest BCUT2D eigenvalue weighted by molar-refractivity contribution is -0.137. The molecule has 0 atom stereocenters. The van der Waals surface area contributed by atoms with E-state index >= 15 is 0 Å². The van der Waals surface area contributed by atoms with Crippen molar-refractivity contribution in [1.82, 2.24) is 9.55 Å². The van der Waals surface area contributed by atoms with E-state index in [2.05, 4.69) is 4.98 Å². The van der Waals surface area contributed by atoms with Gasteiger partial charge in [0, 0.05) is 7.05 Å². The minimum absolute atomic E-state index is 0.191. The second-order valence-electron chi connectivity index (χ2n) is 4.89. The Labute approximate surface area is 125 Å². The Morgan fingerprint density at radius 3 is 2.50 bits per heavy atom. The van der Waals surface area contributed by atoms with Gasteiger partial charge in [-0.2, -0.15) is 13.2 Å². The smallest absolute Gasteiger partial charge is 0.416 e. The van der Waals surface area contributed by atoms with Gasteiger partial charge in [-0.15, -0.1) is 0 Å². The van der Waals surface area contributed by atoms with Crippen LogP contribution in [0.2, 0.25) is 0 Å². The van der Waals surface area contributed by atoms with Crippen molar-refractivity contribution in [2.24, 2.45) is 7.05 Å². The topological polar surface area (TPSA) is 27.1 Å². The van der Waals surface area contributed by atoms with E-state index < -0.39 is 11.7 Å². The van der Waals surface area contributed by atoms with Crippen molar-refractivity contribution >= 4 is 11.0 Å². The number of imidazole rings is 1. The van der Waals surface area contributed by atoms with Gasteiger partial charge in [0.1, 0.15) is 18.2 Å². The minimum Gasteiger partial charge on any atom is -0.486 e. The molecule has 0 amide bonds. The Bertz CT molecular complexity index is 794. The molecule has 0 saturated heterocycles. The molecular formula is C16H13F3N2O.